The van der Waals surface area contributed by atoms with Gasteiger partial charge in [0, 0.05) is 34.1 Å². The van der Waals surface area contributed by atoms with Gasteiger partial charge in [-0.3, -0.25) is 10.1 Å². The van der Waals surface area contributed by atoms with Gasteiger partial charge in [0.15, 0.2) is 5.13 Å². The lowest BCUT2D eigenvalue weighted by Gasteiger charge is -2.08. The zero-order valence-electron chi connectivity index (χ0n) is 18.2. The molecule has 2 aromatic carbocycles. The molecule has 0 fully saturated rings. The number of anilines is 1. The number of aromatic nitrogens is 1. The number of carboxylic acids is 1. The number of aliphatic carboxylic acids is 1. The molecule has 3 rings (SSSR count). The van der Waals surface area contributed by atoms with E-state index in [0.29, 0.717) is 23.2 Å². The second-order valence-corrected chi connectivity index (χ2v) is 8.87. The van der Waals surface area contributed by atoms with E-state index in [4.69, 9.17) is 28.3 Å². The monoisotopic (exact) mass is 516 g/mol. The van der Waals surface area contributed by atoms with Gasteiger partial charge < -0.3 is 5.11 Å². The molecule has 0 bridgehead atoms. The van der Waals surface area contributed by atoms with Gasteiger partial charge in [-0.1, -0.05) is 48.0 Å². The minimum absolute atomic E-state index is 0.0453. The van der Waals surface area contributed by atoms with E-state index in [1.54, 1.807) is 23.6 Å². The molecule has 0 aliphatic carbocycles. The third kappa shape index (κ3) is 6.03. The number of carboxylic acid groups (broad SMARTS) is 1. The molecule has 0 aliphatic heterocycles. The van der Waals surface area contributed by atoms with E-state index < -0.39 is 17.7 Å². The molecular weight excluding hydrogens is 498 g/mol. The molecule has 1 heterocycles. The predicted octanol–water partition coefficient (Wildman–Crippen LogP) is 7.15. The summed E-state index contributed by atoms with van der Waals surface area (Å²) in [5.41, 5.74) is 1.46. The van der Waals surface area contributed by atoms with Crippen LogP contribution in [0.4, 0.5) is 9.52 Å². The number of nitrogens with zero attached hydrogens (tertiary/aromatic N) is 1. The summed E-state index contributed by atoms with van der Waals surface area (Å²) in [6.45, 7) is 3.41. The second-order valence-electron chi connectivity index (χ2n) is 7.20. The fourth-order valence-electron chi connectivity index (χ4n) is 2.86. The first-order chi connectivity index (χ1) is 16.2. The van der Waals surface area contributed by atoms with Gasteiger partial charge in [-0.25, -0.2) is 14.2 Å². The summed E-state index contributed by atoms with van der Waals surface area (Å²) in [6.07, 6.45) is 2.90. The smallest absolute Gasteiger partial charge is 0.331 e. The molecule has 174 valence electrons. The second kappa shape index (κ2) is 11.3. The van der Waals surface area contributed by atoms with Crippen LogP contribution < -0.4 is 5.32 Å². The van der Waals surface area contributed by atoms with Crippen LogP contribution >= 0.6 is 34.5 Å². The number of amides is 1. The Balaban J connectivity index is 1.82. The Kier molecular flexibility index (Phi) is 8.46. The quantitative estimate of drug-likeness (QED) is 0.269. The molecule has 0 saturated carbocycles. The van der Waals surface area contributed by atoms with Crippen LogP contribution in [0, 0.1) is 17.7 Å². The molecule has 0 saturated heterocycles. The van der Waals surface area contributed by atoms with Crippen LogP contribution in [-0.2, 0) is 4.79 Å². The number of unbranched alkanes of at least 4 members (excludes halogenated alkanes) is 1. The summed E-state index contributed by atoms with van der Waals surface area (Å²) < 4.78 is 14.9. The highest BCUT2D eigenvalue weighted by Crippen LogP contribution is 2.31. The number of carbonyl (C=O) groups excluding carboxylic acids is 1. The molecule has 3 aromatic rings. The lowest BCUT2D eigenvalue weighted by Crippen LogP contribution is -2.12. The van der Waals surface area contributed by atoms with Gasteiger partial charge in [-0.2, -0.15) is 0 Å². The van der Waals surface area contributed by atoms with Crippen molar-refractivity contribution in [1.29, 1.82) is 0 Å². The average Bonchev–Trinajstić information content (AvgIpc) is 3.25. The van der Waals surface area contributed by atoms with Gasteiger partial charge in [-0.15, -0.1) is 11.3 Å². The number of carbonyl (C=O) groups is 2. The normalized spacial score (nSPS) is 11.0. The molecule has 9 heteroatoms. The molecule has 5 nitrogen and oxygen atoms in total. The van der Waals surface area contributed by atoms with Gasteiger partial charge in [0.2, 0.25) is 0 Å². The number of hydrogen-bond acceptors (Lipinski definition) is 4. The third-order valence-corrected chi connectivity index (χ3v) is 6.02. The van der Waals surface area contributed by atoms with E-state index in [2.05, 4.69) is 22.1 Å². The molecule has 1 amide bonds. The largest absolute Gasteiger partial charge is 0.478 e. The van der Waals surface area contributed by atoms with Crippen LogP contribution in [-0.4, -0.2) is 22.0 Å². The van der Waals surface area contributed by atoms with Crippen molar-refractivity contribution in [1.82, 2.24) is 4.98 Å². The molecule has 0 spiro atoms. The molecule has 0 atom stereocenters. The van der Waals surface area contributed by atoms with Crippen molar-refractivity contribution in [3.8, 4) is 23.1 Å². The summed E-state index contributed by atoms with van der Waals surface area (Å²) >= 11 is 13.6. The van der Waals surface area contributed by atoms with Crippen molar-refractivity contribution in [2.75, 3.05) is 5.32 Å². The predicted molar refractivity (Wildman–Crippen MR) is 135 cm³/mol. The Bertz CT molecular complexity index is 1330. The number of nitrogens with one attached hydrogen (secondary N) is 1. The first kappa shape index (κ1) is 25.4. The Morgan fingerprint density at radius 3 is 2.62 bits per heavy atom. The van der Waals surface area contributed by atoms with Crippen LogP contribution in [0.2, 0.25) is 10.0 Å². The van der Waals surface area contributed by atoms with Gasteiger partial charge in [0.1, 0.15) is 5.82 Å². The van der Waals surface area contributed by atoms with Crippen molar-refractivity contribution in [2.45, 2.75) is 26.7 Å². The number of hydrogen-bond donors (Lipinski definition) is 2. The Morgan fingerprint density at radius 2 is 1.97 bits per heavy atom. The maximum atomic E-state index is 14.9. The number of halogens is 3. The Labute approximate surface area is 210 Å². The zero-order valence-corrected chi connectivity index (χ0v) is 20.5. The van der Waals surface area contributed by atoms with Crippen LogP contribution in [0.25, 0.3) is 17.3 Å². The summed E-state index contributed by atoms with van der Waals surface area (Å²) in [5, 5.41) is 13.8. The van der Waals surface area contributed by atoms with Crippen LogP contribution in [0.15, 0.2) is 41.3 Å². The third-order valence-electron chi connectivity index (χ3n) is 4.64. The van der Waals surface area contributed by atoms with Crippen LogP contribution in [0.5, 0.6) is 0 Å². The first-order valence-electron chi connectivity index (χ1n) is 10.2. The Hall–Kier alpha value is -3.18. The van der Waals surface area contributed by atoms with Gasteiger partial charge in [0.25, 0.3) is 5.91 Å². The van der Waals surface area contributed by atoms with E-state index in [1.165, 1.54) is 25.1 Å². The number of benzene rings is 2. The van der Waals surface area contributed by atoms with Crippen LogP contribution in [0.1, 0.15) is 48.2 Å². The molecule has 0 aliphatic rings. The van der Waals surface area contributed by atoms with Crippen LogP contribution in [0.3, 0.4) is 0 Å². The highest BCUT2D eigenvalue weighted by molar-refractivity contribution is 7.14. The standard InChI is InChI=1S/C25H19Cl2FN2O3S/c1-3-4-5-7-15-8-6-9-17(22(15)28)21-13-34-25(29-21)30-23(31)16-11-19(26)18(20(27)12-16)10-14(2)24(32)33/h6,8-13H,3-4H2,1-2H3,(H,32,33)(H,29,30,31). The summed E-state index contributed by atoms with van der Waals surface area (Å²) in [4.78, 5) is 28.1. The lowest BCUT2D eigenvalue weighted by atomic mass is 10.1. The zero-order chi connectivity index (χ0) is 24.8. The highest BCUT2D eigenvalue weighted by Gasteiger charge is 2.16. The number of thiazole rings is 1. The van der Waals surface area contributed by atoms with Gasteiger partial charge >= 0.3 is 5.97 Å². The molecule has 34 heavy (non-hydrogen) atoms. The molecule has 0 radical (unpaired) electrons. The highest BCUT2D eigenvalue weighted by atomic mass is 35.5. The van der Waals surface area contributed by atoms with E-state index in [-0.39, 0.29) is 31.9 Å². The van der Waals surface area contributed by atoms with E-state index in [1.807, 2.05) is 6.92 Å². The van der Waals surface area contributed by atoms with Crippen molar-refractivity contribution in [2.24, 2.45) is 0 Å². The van der Waals surface area contributed by atoms with Crippen molar-refractivity contribution in [3.05, 3.63) is 73.8 Å². The summed E-state index contributed by atoms with van der Waals surface area (Å²) in [7, 11) is 0. The maximum Gasteiger partial charge on any atom is 0.331 e. The maximum absolute atomic E-state index is 14.9. The van der Waals surface area contributed by atoms with Gasteiger partial charge in [-0.05, 0) is 43.7 Å². The van der Waals surface area contributed by atoms with E-state index >= 15 is 0 Å². The average molecular weight is 517 g/mol. The van der Waals surface area contributed by atoms with Crippen molar-refractivity contribution >= 4 is 57.6 Å². The van der Waals surface area contributed by atoms with Gasteiger partial charge in [0.05, 0.1) is 21.3 Å². The fourth-order valence-corrected chi connectivity index (χ4v) is 4.17. The molecule has 2 N–H and O–H groups in total. The van der Waals surface area contributed by atoms with E-state index in [0.717, 1.165) is 17.8 Å². The summed E-state index contributed by atoms with van der Waals surface area (Å²) in [5.74, 6) is 3.68. The molecular formula is C25H19Cl2FN2O3S. The molecule has 1 aromatic heterocycles. The molecule has 0 unspecified atom stereocenters. The first-order valence-corrected chi connectivity index (χ1v) is 11.8. The topological polar surface area (TPSA) is 79.3 Å². The minimum atomic E-state index is -1.11. The lowest BCUT2D eigenvalue weighted by molar-refractivity contribution is -0.132. The SMILES string of the molecule is CCCC#Cc1cccc(-c2csc(NC(=O)c3cc(Cl)c(C=C(C)C(=O)O)c(Cl)c3)n2)c1F. The van der Waals surface area contributed by atoms with Crippen molar-refractivity contribution < 1.29 is 19.1 Å². The minimum Gasteiger partial charge on any atom is -0.478 e. The fraction of sp³-hybridized carbons (Fsp3) is 0.160. The van der Waals surface area contributed by atoms with Crippen molar-refractivity contribution in [3.63, 3.8) is 0 Å². The van der Waals surface area contributed by atoms with E-state index in [9.17, 15) is 14.0 Å². The Morgan fingerprint density at radius 1 is 1.26 bits per heavy atom. The number of rotatable bonds is 6. The summed E-state index contributed by atoms with van der Waals surface area (Å²) in [6, 6.07) is 7.69.